The Balaban J connectivity index is 1.36. The van der Waals surface area contributed by atoms with Crippen LogP contribution in [0.15, 0.2) is 71.8 Å². The van der Waals surface area contributed by atoms with E-state index in [1.165, 1.54) is 4.90 Å². The lowest BCUT2D eigenvalue weighted by Gasteiger charge is -2.51. The van der Waals surface area contributed by atoms with Crippen molar-refractivity contribution in [3.8, 4) is 0 Å². The van der Waals surface area contributed by atoms with Crippen LogP contribution in [0.3, 0.4) is 0 Å². The zero-order valence-corrected chi connectivity index (χ0v) is 24.0. The van der Waals surface area contributed by atoms with Crippen LogP contribution in [-0.2, 0) is 36.9 Å². The van der Waals surface area contributed by atoms with Gasteiger partial charge in [0.2, 0.25) is 0 Å². The third-order valence-corrected chi connectivity index (χ3v) is 8.83. The Hall–Kier alpha value is -2.50. The van der Waals surface area contributed by atoms with Gasteiger partial charge in [0.15, 0.2) is 5.79 Å². The van der Waals surface area contributed by atoms with Crippen molar-refractivity contribution >= 4 is 17.7 Å². The predicted octanol–water partition coefficient (Wildman–Crippen LogP) is 3.74. The van der Waals surface area contributed by atoms with Crippen LogP contribution in [0.5, 0.6) is 0 Å². The second-order valence-electron chi connectivity index (χ2n) is 11.6. The summed E-state index contributed by atoms with van der Waals surface area (Å²) < 4.78 is 30.8. The van der Waals surface area contributed by atoms with Crippen molar-refractivity contribution in [1.82, 2.24) is 4.90 Å². The SMILES string of the molecule is C[C@@H]1[C@@H]2OC(C)(C)O[C@@H]2[C@@H](OCc2ccccc2)[C@H]([C@@H](O)[C@@H]2[C@@H](O)[C@@H]3O[C@H]2C=C3Cl)N1C(=O)OCc1ccccc1. The van der Waals surface area contributed by atoms with Gasteiger partial charge in [-0.3, -0.25) is 4.90 Å². The Labute approximate surface area is 244 Å². The van der Waals surface area contributed by atoms with Crippen LogP contribution in [0.25, 0.3) is 0 Å². The topological polar surface area (TPSA) is 107 Å². The fourth-order valence-electron chi connectivity index (χ4n) is 6.62. The Kier molecular flexibility index (Phi) is 7.88. The standard InChI is InChI=1S/C31H36ClNO8/c1-17-26-29(41-31(2,3)40-26)28(37-15-18-10-6-4-7-11-18)23(24(34)22-21-14-20(32)27(39-21)25(22)35)33(17)30(36)38-16-19-12-8-5-9-13-19/h4-14,17,21-29,34-35H,15-16H2,1-3H3/t17-,21+,22-,23+,24+,25-,26+,27-,28+,29+/m1/s1. The van der Waals surface area contributed by atoms with Crippen LogP contribution in [0.4, 0.5) is 4.79 Å². The number of piperidine rings is 1. The molecule has 3 saturated heterocycles. The first-order chi connectivity index (χ1) is 19.6. The van der Waals surface area contributed by atoms with Gasteiger partial charge >= 0.3 is 6.09 Å². The van der Waals surface area contributed by atoms with Crippen molar-refractivity contribution < 1.29 is 38.7 Å². The molecule has 0 radical (unpaired) electrons. The molecular weight excluding hydrogens is 550 g/mol. The second kappa shape index (κ2) is 11.3. The first-order valence-electron chi connectivity index (χ1n) is 14.0. The molecule has 0 saturated carbocycles. The van der Waals surface area contributed by atoms with Crippen LogP contribution in [-0.4, -0.2) is 81.8 Å². The third kappa shape index (κ3) is 5.41. The predicted molar refractivity (Wildman–Crippen MR) is 149 cm³/mol. The van der Waals surface area contributed by atoms with E-state index in [0.717, 1.165) is 11.1 Å². The number of aliphatic hydroxyl groups excluding tert-OH is 2. The Morgan fingerprint density at radius 1 is 1.02 bits per heavy atom. The van der Waals surface area contributed by atoms with Crippen LogP contribution in [0.2, 0.25) is 0 Å². The molecule has 0 spiro atoms. The fraction of sp³-hybridized carbons (Fsp3) is 0.516. The van der Waals surface area contributed by atoms with Crippen molar-refractivity contribution in [1.29, 1.82) is 0 Å². The minimum Gasteiger partial charge on any atom is -0.445 e. The Morgan fingerprint density at radius 3 is 2.24 bits per heavy atom. The van der Waals surface area contributed by atoms with Crippen LogP contribution >= 0.6 is 11.6 Å². The smallest absolute Gasteiger partial charge is 0.410 e. The normalized spacial score (nSPS) is 36.1. The summed E-state index contributed by atoms with van der Waals surface area (Å²) in [4.78, 5) is 15.4. The molecule has 4 heterocycles. The highest BCUT2D eigenvalue weighted by atomic mass is 35.5. The summed E-state index contributed by atoms with van der Waals surface area (Å²) in [6.07, 6.45) is -4.54. The van der Waals surface area contributed by atoms with E-state index >= 15 is 0 Å². The molecule has 41 heavy (non-hydrogen) atoms. The number of rotatable bonds is 7. The van der Waals surface area contributed by atoms with Gasteiger partial charge < -0.3 is 33.9 Å². The highest BCUT2D eigenvalue weighted by molar-refractivity contribution is 6.30. The Bertz CT molecular complexity index is 1260. The molecule has 10 atom stereocenters. The molecule has 10 heteroatoms. The number of hydrogen-bond acceptors (Lipinski definition) is 8. The van der Waals surface area contributed by atoms with E-state index in [4.69, 9.17) is 35.3 Å². The molecule has 2 aromatic carbocycles. The number of amides is 1. The molecule has 1 amide bonds. The number of fused-ring (bicyclic) bond motifs is 3. The number of nitrogens with zero attached hydrogens (tertiary/aromatic N) is 1. The molecule has 0 aliphatic carbocycles. The minimum absolute atomic E-state index is 0.0520. The van der Waals surface area contributed by atoms with E-state index < -0.39 is 72.6 Å². The van der Waals surface area contributed by atoms with Gasteiger partial charge in [0.1, 0.15) is 31.0 Å². The maximum Gasteiger partial charge on any atom is 0.410 e. The number of benzene rings is 2. The lowest BCUT2D eigenvalue weighted by Crippen LogP contribution is -2.71. The van der Waals surface area contributed by atoms with Gasteiger partial charge in [0.25, 0.3) is 0 Å². The molecule has 3 fully saturated rings. The zero-order valence-electron chi connectivity index (χ0n) is 23.2. The van der Waals surface area contributed by atoms with Crippen molar-refractivity contribution in [2.24, 2.45) is 5.92 Å². The number of ether oxygens (including phenoxy) is 5. The molecule has 0 aromatic heterocycles. The summed E-state index contributed by atoms with van der Waals surface area (Å²) in [5, 5.41) is 23.6. The first kappa shape index (κ1) is 28.6. The molecule has 6 rings (SSSR count). The molecule has 0 unspecified atom stereocenters. The molecule has 2 aromatic rings. The fourth-order valence-corrected chi connectivity index (χ4v) is 6.92. The molecule has 9 nitrogen and oxygen atoms in total. The number of carbonyl (C=O) groups is 1. The van der Waals surface area contributed by atoms with Crippen LogP contribution < -0.4 is 0 Å². The molecule has 4 aliphatic heterocycles. The summed E-state index contributed by atoms with van der Waals surface area (Å²) in [7, 11) is 0. The van der Waals surface area contributed by atoms with Crippen molar-refractivity contribution in [2.75, 3.05) is 0 Å². The van der Waals surface area contributed by atoms with E-state index in [1.807, 2.05) is 81.4 Å². The summed E-state index contributed by atoms with van der Waals surface area (Å²) in [6.45, 7) is 5.75. The molecular formula is C31H36ClNO8. The quantitative estimate of drug-likeness (QED) is 0.506. The van der Waals surface area contributed by atoms with Gasteiger partial charge in [-0.25, -0.2) is 4.79 Å². The van der Waals surface area contributed by atoms with Gasteiger partial charge in [-0.1, -0.05) is 72.3 Å². The van der Waals surface area contributed by atoms with E-state index in [-0.39, 0.29) is 13.2 Å². The van der Waals surface area contributed by atoms with Gasteiger partial charge in [-0.05, 0) is 38.0 Å². The van der Waals surface area contributed by atoms with E-state index in [9.17, 15) is 15.0 Å². The van der Waals surface area contributed by atoms with Crippen LogP contribution in [0, 0.1) is 5.92 Å². The summed E-state index contributed by atoms with van der Waals surface area (Å²) >= 11 is 6.26. The maximum absolute atomic E-state index is 13.9. The van der Waals surface area contributed by atoms with Gasteiger partial charge in [-0.2, -0.15) is 0 Å². The maximum atomic E-state index is 13.9. The first-order valence-corrected chi connectivity index (χ1v) is 14.4. The Morgan fingerprint density at radius 2 is 1.63 bits per heavy atom. The van der Waals surface area contributed by atoms with Gasteiger partial charge in [0, 0.05) is 11.0 Å². The number of halogens is 1. The van der Waals surface area contributed by atoms with Crippen molar-refractivity contribution in [3.05, 3.63) is 82.9 Å². The van der Waals surface area contributed by atoms with E-state index in [1.54, 1.807) is 6.08 Å². The highest BCUT2D eigenvalue weighted by Gasteiger charge is 2.63. The monoisotopic (exact) mass is 585 g/mol. The summed E-state index contributed by atoms with van der Waals surface area (Å²) in [6, 6.07) is 17.5. The van der Waals surface area contributed by atoms with Gasteiger partial charge in [0.05, 0.1) is 37.0 Å². The number of carbonyl (C=O) groups excluding carboxylic acids is 1. The third-order valence-electron chi connectivity index (χ3n) is 8.49. The largest absolute Gasteiger partial charge is 0.445 e. The average Bonchev–Trinajstić information content (AvgIpc) is 3.61. The summed E-state index contributed by atoms with van der Waals surface area (Å²) in [5.41, 5.74) is 1.75. The number of likely N-dealkylation sites (tertiary alicyclic amines) is 1. The molecule has 2 bridgehead atoms. The number of hydrogen-bond donors (Lipinski definition) is 2. The van der Waals surface area contributed by atoms with E-state index in [2.05, 4.69) is 0 Å². The van der Waals surface area contributed by atoms with Crippen molar-refractivity contribution in [2.45, 2.75) is 94.6 Å². The molecule has 4 aliphatic rings. The second-order valence-corrected chi connectivity index (χ2v) is 12.1. The van der Waals surface area contributed by atoms with Crippen LogP contribution in [0.1, 0.15) is 31.9 Å². The molecule has 2 N–H and O–H groups in total. The van der Waals surface area contributed by atoms with Gasteiger partial charge in [-0.15, -0.1) is 0 Å². The minimum atomic E-state index is -1.26. The highest BCUT2D eigenvalue weighted by Crippen LogP contribution is 2.47. The van der Waals surface area contributed by atoms with E-state index in [0.29, 0.717) is 5.03 Å². The molecule has 220 valence electrons. The van der Waals surface area contributed by atoms with Crippen molar-refractivity contribution in [3.63, 3.8) is 0 Å². The average molecular weight is 586 g/mol. The number of aliphatic hydroxyl groups is 2. The zero-order chi connectivity index (χ0) is 28.9. The summed E-state index contributed by atoms with van der Waals surface area (Å²) in [5.74, 6) is -1.69. The lowest BCUT2D eigenvalue weighted by molar-refractivity contribution is -0.181. The lowest BCUT2D eigenvalue weighted by atomic mass is 9.77.